The summed E-state index contributed by atoms with van der Waals surface area (Å²) in [6, 6.07) is 12.9. The van der Waals surface area contributed by atoms with Gasteiger partial charge in [0.2, 0.25) is 0 Å². The van der Waals surface area contributed by atoms with Gasteiger partial charge in [-0.3, -0.25) is 4.79 Å². The molecule has 0 atom stereocenters. The first-order chi connectivity index (χ1) is 10.6. The summed E-state index contributed by atoms with van der Waals surface area (Å²) in [5, 5.41) is 3.99. The molecule has 0 unspecified atom stereocenters. The first-order valence-corrected chi connectivity index (χ1v) is 7.72. The maximum absolute atomic E-state index is 12.0. The number of para-hydroxylation sites is 1. The molecule has 2 aromatic carbocycles. The normalized spacial score (nSPS) is 10.7. The van der Waals surface area contributed by atoms with E-state index >= 15 is 0 Å². The molecule has 1 N–H and O–H groups in total. The van der Waals surface area contributed by atoms with Crippen LogP contribution in [0.4, 0.5) is 0 Å². The van der Waals surface area contributed by atoms with Gasteiger partial charge >= 0.3 is 0 Å². The number of hydrazone groups is 1. The lowest BCUT2D eigenvalue weighted by molar-refractivity contribution is 0.0955. The second-order valence-electron chi connectivity index (χ2n) is 4.63. The quantitative estimate of drug-likeness (QED) is 0.648. The minimum absolute atomic E-state index is 0.258. The number of aryl methyl sites for hydroxylation is 1. The summed E-state index contributed by atoms with van der Waals surface area (Å²) < 4.78 is 6.39. The Hall–Kier alpha value is -2.14. The van der Waals surface area contributed by atoms with Gasteiger partial charge in [0, 0.05) is 15.6 Å². The molecule has 0 saturated heterocycles. The molecule has 0 bridgehead atoms. The zero-order chi connectivity index (χ0) is 15.9. The SMILES string of the molecule is CCOc1ccccc1/C=N/NC(=O)c1ccc(C)c(Br)c1. The number of hydrogen-bond acceptors (Lipinski definition) is 3. The lowest BCUT2D eigenvalue weighted by atomic mass is 10.1. The zero-order valence-corrected chi connectivity index (χ0v) is 14.1. The third-order valence-electron chi connectivity index (χ3n) is 3.02. The van der Waals surface area contributed by atoms with Gasteiger partial charge in [-0.15, -0.1) is 0 Å². The largest absolute Gasteiger partial charge is 0.493 e. The van der Waals surface area contributed by atoms with Gasteiger partial charge in [0.25, 0.3) is 5.91 Å². The average Bonchev–Trinajstić information content (AvgIpc) is 2.52. The van der Waals surface area contributed by atoms with E-state index in [9.17, 15) is 4.79 Å². The van der Waals surface area contributed by atoms with Crippen molar-refractivity contribution in [1.82, 2.24) is 5.43 Å². The Morgan fingerprint density at radius 1 is 1.32 bits per heavy atom. The van der Waals surface area contributed by atoms with Crippen molar-refractivity contribution in [2.45, 2.75) is 13.8 Å². The van der Waals surface area contributed by atoms with Crippen LogP contribution in [0.2, 0.25) is 0 Å². The van der Waals surface area contributed by atoms with Crippen LogP contribution < -0.4 is 10.2 Å². The van der Waals surface area contributed by atoms with E-state index in [-0.39, 0.29) is 5.91 Å². The highest BCUT2D eigenvalue weighted by Crippen LogP contribution is 2.18. The molecule has 2 rings (SSSR count). The number of ether oxygens (including phenoxy) is 1. The molecular formula is C17H17BrN2O2. The number of carbonyl (C=O) groups excluding carboxylic acids is 1. The highest BCUT2D eigenvalue weighted by molar-refractivity contribution is 9.10. The predicted molar refractivity (Wildman–Crippen MR) is 91.6 cm³/mol. The molecule has 0 radical (unpaired) electrons. The van der Waals surface area contributed by atoms with Crippen molar-refractivity contribution in [3.63, 3.8) is 0 Å². The van der Waals surface area contributed by atoms with Gasteiger partial charge in [0.15, 0.2) is 0 Å². The van der Waals surface area contributed by atoms with Crippen LogP contribution in [0, 0.1) is 6.92 Å². The third kappa shape index (κ3) is 4.18. The third-order valence-corrected chi connectivity index (χ3v) is 3.88. The fourth-order valence-electron chi connectivity index (χ4n) is 1.83. The van der Waals surface area contributed by atoms with Gasteiger partial charge in [-0.25, -0.2) is 5.43 Å². The van der Waals surface area contributed by atoms with Crippen LogP contribution in [0.5, 0.6) is 5.75 Å². The fourth-order valence-corrected chi connectivity index (χ4v) is 2.21. The summed E-state index contributed by atoms with van der Waals surface area (Å²) in [6.07, 6.45) is 1.58. The second-order valence-corrected chi connectivity index (χ2v) is 5.49. The van der Waals surface area contributed by atoms with E-state index in [1.807, 2.05) is 44.2 Å². The number of rotatable bonds is 5. The van der Waals surface area contributed by atoms with E-state index in [1.165, 1.54) is 0 Å². The van der Waals surface area contributed by atoms with Crippen molar-refractivity contribution in [3.05, 3.63) is 63.6 Å². The number of hydrogen-bond donors (Lipinski definition) is 1. The van der Waals surface area contributed by atoms with Crippen LogP contribution in [0.15, 0.2) is 52.0 Å². The maximum Gasteiger partial charge on any atom is 0.271 e. The summed E-state index contributed by atoms with van der Waals surface area (Å²) in [6.45, 7) is 4.47. The molecule has 0 aliphatic rings. The molecule has 2 aromatic rings. The van der Waals surface area contributed by atoms with Crippen LogP contribution in [-0.4, -0.2) is 18.7 Å². The van der Waals surface area contributed by atoms with E-state index in [0.29, 0.717) is 12.2 Å². The molecule has 0 aromatic heterocycles. The first kappa shape index (κ1) is 16.2. The Morgan fingerprint density at radius 2 is 2.09 bits per heavy atom. The Kier molecular flexibility index (Phi) is 5.72. The van der Waals surface area contributed by atoms with Crippen molar-refractivity contribution in [1.29, 1.82) is 0 Å². The molecule has 5 heteroatoms. The van der Waals surface area contributed by atoms with E-state index in [1.54, 1.807) is 18.3 Å². The average molecular weight is 361 g/mol. The number of halogens is 1. The highest BCUT2D eigenvalue weighted by Gasteiger charge is 2.06. The highest BCUT2D eigenvalue weighted by atomic mass is 79.9. The number of carbonyl (C=O) groups is 1. The second kappa shape index (κ2) is 7.75. The van der Waals surface area contributed by atoms with E-state index in [0.717, 1.165) is 21.3 Å². The molecule has 0 spiro atoms. The number of amides is 1. The molecule has 1 amide bonds. The van der Waals surface area contributed by atoms with E-state index in [4.69, 9.17) is 4.74 Å². The minimum atomic E-state index is -0.258. The van der Waals surface area contributed by atoms with Gasteiger partial charge in [-0.1, -0.05) is 34.1 Å². The van der Waals surface area contributed by atoms with Gasteiger partial charge in [0.1, 0.15) is 5.75 Å². The van der Waals surface area contributed by atoms with Gasteiger partial charge in [0.05, 0.1) is 12.8 Å². The predicted octanol–water partition coefficient (Wildman–Crippen LogP) is 3.92. The molecule has 0 aliphatic heterocycles. The van der Waals surface area contributed by atoms with E-state index < -0.39 is 0 Å². The van der Waals surface area contributed by atoms with Gasteiger partial charge < -0.3 is 4.74 Å². The summed E-state index contributed by atoms with van der Waals surface area (Å²) >= 11 is 3.41. The van der Waals surface area contributed by atoms with Crippen LogP contribution in [0.25, 0.3) is 0 Å². The van der Waals surface area contributed by atoms with Crippen LogP contribution in [-0.2, 0) is 0 Å². The molecule has 4 nitrogen and oxygen atoms in total. The Labute approximate surface area is 138 Å². The number of benzene rings is 2. The molecule has 114 valence electrons. The van der Waals surface area contributed by atoms with Crippen molar-refractivity contribution in [2.24, 2.45) is 5.10 Å². The Bertz CT molecular complexity index is 699. The monoisotopic (exact) mass is 360 g/mol. The van der Waals surface area contributed by atoms with Gasteiger partial charge in [-0.05, 0) is 43.7 Å². The van der Waals surface area contributed by atoms with Crippen molar-refractivity contribution >= 4 is 28.1 Å². The molecule has 0 saturated carbocycles. The topological polar surface area (TPSA) is 50.7 Å². The number of nitrogens with one attached hydrogen (secondary N) is 1. The molecule has 22 heavy (non-hydrogen) atoms. The zero-order valence-electron chi connectivity index (χ0n) is 12.5. The Morgan fingerprint density at radius 3 is 2.82 bits per heavy atom. The van der Waals surface area contributed by atoms with Crippen molar-refractivity contribution in [3.8, 4) is 5.75 Å². The van der Waals surface area contributed by atoms with Crippen LogP contribution in [0.1, 0.15) is 28.4 Å². The van der Waals surface area contributed by atoms with Gasteiger partial charge in [-0.2, -0.15) is 5.10 Å². The first-order valence-electron chi connectivity index (χ1n) is 6.93. The van der Waals surface area contributed by atoms with Crippen molar-refractivity contribution in [2.75, 3.05) is 6.61 Å². The summed E-state index contributed by atoms with van der Waals surface area (Å²) in [5.74, 6) is 0.479. The lowest BCUT2D eigenvalue weighted by Crippen LogP contribution is -2.17. The van der Waals surface area contributed by atoms with Crippen LogP contribution >= 0.6 is 15.9 Å². The fraction of sp³-hybridized carbons (Fsp3) is 0.176. The maximum atomic E-state index is 12.0. The standard InChI is InChI=1S/C17H17BrN2O2/c1-3-22-16-7-5-4-6-14(16)11-19-20-17(21)13-9-8-12(2)15(18)10-13/h4-11H,3H2,1-2H3,(H,20,21)/b19-11+. The number of nitrogens with zero attached hydrogens (tertiary/aromatic N) is 1. The molecule has 0 aliphatic carbocycles. The minimum Gasteiger partial charge on any atom is -0.493 e. The molecule has 0 heterocycles. The van der Waals surface area contributed by atoms with Crippen LogP contribution in [0.3, 0.4) is 0 Å². The molecular weight excluding hydrogens is 344 g/mol. The Balaban J connectivity index is 2.06. The summed E-state index contributed by atoms with van der Waals surface area (Å²) in [4.78, 5) is 12.0. The summed E-state index contributed by atoms with van der Waals surface area (Å²) in [5.41, 5.74) is 4.96. The molecule has 0 fully saturated rings. The smallest absolute Gasteiger partial charge is 0.271 e. The lowest BCUT2D eigenvalue weighted by Gasteiger charge is -2.06. The van der Waals surface area contributed by atoms with E-state index in [2.05, 4.69) is 26.5 Å². The van der Waals surface area contributed by atoms with Crippen molar-refractivity contribution < 1.29 is 9.53 Å². The summed E-state index contributed by atoms with van der Waals surface area (Å²) in [7, 11) is 0.